The molecule has 0 spiro atoms. The SMILES string of the molecule is CN(Cc1cn[nH]c1)S(=O)(=O)c1cccc(C(=O)O)c1. The lowest BCUT2D eigenvalue weighted by atomic mass is 10.2. The van der Waals surface area contributed by atoms with Crippen LogP contribution in [-0.2, 0) is 16.6 Å². The molecule has 8 heteroatoms. The van der Waals surface area contributed by atoms with E-state index in [9.17, 15) is 13.2 Å². The molecule has 2 aromatic rings. The molecular weight excluding hydrogens is 282 g/mol. The summed E-state index contributed by atoms with van der Waals surface area (Å²) in [6, 6.07) is 5.26. The van der Waals surface area contributed by atoms with Gasteiger partial charge in [-0.15, -0.1) is 0 Å². The Balaban J connectivity index is 2.29. The van der Waals surface area contributed by atoms with Gasteiger partial charge in [0.1, 0.15) is 0 Å². The summed E-state index contributed by atoms with van der Waals surface area (Å²) in [7, 11) is -2.32. The molecule has 20 heavy (non-hydrogen) atoms. The summed E-state index contributed by atoms with van der Waals surface area (Å²) in [6.45, 7) is 0.149. The van der Waals surface area contributed by atoms with Gasteiger partial charge in [-0.2, -0.15) is 9.40 Å². The maximum atomic E-state index is 12.3. The van der Waals surface area contributed by atoms with E-state index in [4.69, 9.17) is 5.11 Å². The first-order valence-corrected chi connectivity index (χ1v) is 7.12. The van der Waals surface area contributed by atoms with Crippen LogP contribution in [0.1, 0.15) is 15.9 Å². The molecule has 7 nitrogen and oxygen atoms in total. The Hall–Kier alpha value is -2.19. The molecule has 0 aliphatic heterocycles. The molecule has 1 heterocycles. The second-order valence-corrected chi connectivity index (χ2v) is 6.25. The Bertz CT molecular complexity index is 710. The minimum atomic E-state index is -3.74. The number of hydrogen-bond acceptors (Lipinski definition) is 4. The van der Waals surface area contributed by atoms with Crippen molar-refractivity contribution in [2.45, 2.75) is 11.4 Å². The van der Waals surface area contributed by atoms with Crippen molar-refractivity contribution in [3.05, 3.63) is 47.8 Å². The monoisotopic (exact) mass is 295 g/mol. The van der Waals surface area contributed by atoms with Crippen LogP contribution in [0.25, 0.3) is 0 Å². The van der Waals surface area contributed by atoms with Crippen LogP contribution in [0.4, 0.5) is 0 Å². The molecule has 1 aromatic heterocycles. The molecule has 0 aliphatic carbocycles. The molecule has 0 bridgehead atoms. The molecular formula is C12H13N3O4S. The van der Waals surface area contributed by atoms with Crippen molar-refractivity contribution in [1.82, 2.24) is 14.5 Å². The molecule has 0 fully saturated rings. The van der Waals surface area contributed by atoms with E-state index in [2.05, 4.69) is 10.2 Å². The van der Waals surface area contributed by atoms with E-state index in [0.29, 0.717) is 5.56 Å². The number of carbonyl (C=O) groups is 1. The largest absolute Gasteiger partial charge is 0.478 e. The first kappa shape index (κ1) is 14.2. The number of sulfonamides is 1. The summed E-state index contributed by atoms with van der Waals surface area (Å²) in [5.41, 5.74) is 0.647. The van der Waals surface area contributed by atoms with Crippen LogP contribution in [0.3, 0.4) is 0 Å². The third-order valence-electron chi connectivity index (χ3n) is 2.75. The maximum Gasteiger partial charge on any atom is 0.335 e. The van der Waals surface area contributed by atoms with Crippen molar-refractivity contribution in [2.75, 3.05) is 7.05 Å². The van der Waals surface area contributed by atoms with Gasteiger partial charge in [0, 0.05) is 25.4 Å². The van der Waals surface area contributed by atoms with Crippen molar-refractivity contribution >= 4 is 16.0 Å². The average molecular weight is 295 g/mol. The lowest BCUT2D eigenvalue weighted by Crippen LogP contribution is -2.26. The highest BCUT2D eigenvalue weighted by molar-refractivity contribution is 7.89. The van der Waals surface area contributed by atoms with E-state index in [1.54, 1.807) is 6.20 Å². The fraction of sp³-hybridized carbons (Fsp3) is 0.167. The van der Waals surface area contributed by atoms with Crippen LogP contribution in [0, 0.1) is 0 Å². The van der Waals surface area contributed by atoms with Gasteiger partial charge in [-0.3, -0.25) is 5.10 Å². The molecule has 0 saturated heterocycles. The molecule has 106 valence electrons. The zero-order valence-electron chi connectivity index (χ0n) is 10.6. The second-order valence-electron chi connectivity index (χ2n) is 4.20. The summed E-state index contributed by atoms with van der Waals surface area (Å²) >= 11 is 0. The minimum Gasteiger partial charge on any atom is -0.478 e. The topological polar surface area (TPSA) is 103 Å². The number of hydrogen-bond donors (Lipinski definition) is 2. The molecule has 0 saturated carbocycles. The predicted octanol–water partition coefficient (Wildman–Crippen LogP) is 0.929. The lowest BCUT2D eigenvalue weighted by Gasteiger charge is -2.16. The minimum absolute atomic E-state index is 0.0524. The Kier molecular flexibility index (Phi) is 3.86. The van der Waals surface area contributed by atoms with Gasteiger partial charge in [0.15, 0.2) is 0 Å². The zero-order chi connectivity index (χ0) is 14.8. The molecule has 0 unspecified atom stereocenters. The number of rotatable bonds is 5. The van der Waals surface area contributed by atoms with Gasteiger partial charge in [-0.05, 0) is 18.2 Å². The van der Waals surface area contributed by atoms with Crippen molar-refractivity contribution in [3.8, 4) is 0 Å². The summed E-state index contributed by atoms with van der Waals surface area (Å²) in [4.78, 5) is 10.8. The molecule has 0 amide bonds. The van der Waals surface area contributed by atoms with Crippen LogP contribution in [0.5, 0.6) is 0 Å². The highest BCUT2D eigenvalue weighted by atomic mass is 32.2. The van der Waals surface area contributed by atoms with E-state index < -0.39 is 16.0 Å². The number of carboxylic acids is 1. The number of nitrogens with one attached hydrogen (secondary N) is 1. The van der Waals surface area contributed by atoms with Crippen LogP contribution in [-0.4, -0.2) is 41.0 Å². The Morgan fingerprint density at radius 3 is 2.80 bits per heavy atom. The first-order valence-electron chi connectivity index (χ1n) is 5.68. The highest BCUT2D eigenvalue weighted by Gasteiger charge is 2.22. The average Bonchev–Trinajstić information content (AvgIpc) is 2.91. The Morgan fingerprint density at radius 2 is 2.20 bits per heavy atom. The number of benzene rings is 1. The van der Waals surface area contributed by atoms with E-state index in [0.717, 1.165) is 10.4 Å². The Morgan fingerprint density at radius 1 is 1.45 bits per heavy atom. The lowest BCUT2D eigenvalue weighted by molar-refractivity contribution is 0.0696. The normalized spacial score (nSPS) is 11.7. The van der Waals surface area contributed by atoms with Crippen molar-refractivity contribution in [3.63, 3.8) is 0 Å². The van der Waals surface area contributed by atoms with E-state index in [1.165, 1.54) is 31.4 Å². The number of H-pyrrole nitrogens is 1. The van der Waals surface area contributed by atoms with Crippen molar-refractivity contribution < 1.29 is 18.3 Å². The van der Waals surface area contributed by atoms with Gasteiger partial charge in [0.05, 0.1) is 16.7 Å². The third kappa shape index (κ3) is 2.86. The fourth-order valence-electron chi connectivity index (χ4n) is 1.68. The standard InChI is InChI=1S/C12H13N3O4S/c1-15(8-9-6-13-14-7-9)20(18,19)11-4-2-3-10(5-11)12(16)17/h2-7H,8H2,1H3,(H,13,14)(H,16,17). The Labute approximate surface area is 115 Å². The van der Waals surface area contributed by atoms with Crippen LogP contribution in [0.15, 0.2) is 41.6 Å². The van der Waals surface area contributed by atoms with Crippen LogP contribution < -0.4 is 0 Å². The quantitative estimate of drug-likeness (QED) is 0.854. The predicted molar refractivity (Wildman–Crippen MR) is 70.6 cm³/mol. The molecule has 0 aliphatic rings. The third-order valence-corrected chi connectivity index (χ3v) is 4.55. The van der Waals surface area contributed by atoms with Gasteiger partial charge in [0.2, 0.25) is 10.0 Å². The first-order chi connectivity index (χ1) is 9.41. The van der Waals surface area contributed by atoms with Gasteiger partial charge < -0.3 is 5.11 Å². The summed E-state index contributed by atoms with van der Waals surface area (Å²) < 4.78 is 25.8. The number of carboxylic acid groups (broad SMARTS) is 1. The molecule has 0 atom stereocenters. The zero-order valence-corrected chi connectivity index (χ0v) is 11.5. The smallest absolute Gasteiger partial charge is 0.335 e. The van der Waals surface area contributed by atoms with Crippen LogP contribution >= 0.6 is 0 Å². The van der Waals surface area contributed by atoms with Gasteiger partial charge in [-0.25, -0.2) is 13.2 Å². The van der Waals surface area contributed by atoms with Crippen LogP contribution in [0.2, 0.25) is 0 Å². The highest BCUT2D eigenvalue weighted by Crippen LogP contribution is 2.17. The number of nitrogens with zero attached hydrogens (tertiary/aromatic N) is 2. The molecule has 2 rings (SSSR count). The number of aromatic nitrogens is 2. The van der Waals surface area contributed by atoms with E-state index >= 15 is 0 Å². The van der Waals surface area contributed by atoms with Crippen molar-refractivity contribution in [1.29, 1.82) is 0 Å². The maximum absolute atomic E-state index is 12.3. The summed E-state index contributed by atoms with van der Waals surface area (Å²) in [6.07, 6.45) is 3.12. The molecule has 2 N–H and O–H groups in total. The summed E-state index contributed by atoms with van der Waals surface area (Å²) in [5, 5.41) is 15.2. The van der Waals surface area contributed by atoms with E-state index in [-0.39, 0.29) is 17.0 Å². The second kappa shape index (κ2) is 5.43. The molecule has 1 aromatic carbocycles. The number of aromatic amines is 1. The van der Waals surface area contributed by atoms with Gasteiger partial charge in [-0.1, -0.05) is 6.07 Å². The van der Waals surface area contributed by atoms with E-state index in [1.807, 2.05) is 0 Å². The molecule has 0 radical (unpaired) electrons. The van der Waals surface area contributed by atoms with Crippen molar-refractivity contribution in [2.24, 2.45) is 0 Å². The summed E-state index contributed by atoms with van der Waals surface area (Å²) in [5.74, 6) is -1.17. The number of aromatic carboxylic acids is 1. The fourth-order valence-corrected chi connectivity index (χ4v) is 2.88. The van der Waals surface area contributed by atoms with Gasteiger partial charge in [0.25, 0.3) is 0 Å². The van der Waals surface area contributed by atoms with Gasteiger partial charge >= 0.3 is 5.97 Å².